The molecule has 0 amide bonds. The van der Waals surface area contributed by atoms with Crippen molar-refractivity contribution in [3.8, 4) is 5.75 Å². The molecule has 3 N–H and O–H groups in total. The van der Waals surface area contributed by atoms with Crippen molar-refractivity contribution in [2.75, 3.05) is 10.0 Å². The van der Waals surface area contributed by atoms with Gasteiger partial charge in [0, 0.05) is 5.69 Å². The van der Waals surface area contributed by atoms with Crippen LogP contribution < -0.4 is 10.0 Å². The molecule has 0 radical (unpaired) electrons. The molecule has 1 unspecified atom stereocenters. The molecule has 1 atom stereocenters. The molecule has 1 heterocycles. The Morgan fingerprint density at radius 1 is 0.741 bits per heavy atom. The molecule has 4 aromatic rings. The fourth-order valence-electron chi connectivity index (χ4n) is 2.53. The van der Waals surface area contributed by atoms with E-state index in [2.05, 4.69) is 20.0 Å². The number of rotatable bonds is 5. The van der Waals surface area contributed by atoms with E-state index in [-0.39, 0.29) is 5.75 Å². The number of anilines is 3. The molecule has 1 aromatic heterocycles. The Morgan fingerprint density at radius 2 is 1.33 bits per heavy atom. The predicted molar refractivity (Wildman–Crippen MR) is 107 cm³/mol. The van der Waals surface area contributed by atoms with Gasteiger partial charge in [-0.15, -0.1) is 0 Å². The lowest BCUT2D eigenvalue weighted by Gasteiger charge is -2.13. The largest absolute Gasteiger partial charge is 0.508 e. The molecule has 3 aromatic carbocycles. The summed E-state index contributed by atoms with van der Waals surface area (Å²) in [6.07, 6.45) is 0. The zero-order valence-corrected chi connectivity index (χ0v) is 15.0. The molecule has 0 aliphatic heterocycles. The van der Waals surface area contributed by atoms with Gasteiger partial charge in [0.2, 0.25) is 0 Å². The molecule has 0 aliphatic carbocycles. The van der Waals surface area contributed by atoms with Gasteiger partial charge in [0.25, 0.3) is 0 Å². The molecule has 0 aliphatic rings. The number of phenols is 1. The Morgan fingerprint density at radius 3 is 2.00 bits per heavy atom. The lowest BCUT2D eigenvalue weighted by Crippen LogP contribution is -2.10. The monoisotopic (exact) mass is 376 g/mol. The molecule has 0 spiro atoms. The normalized spacial score (nSPS) is 11.9. The molecule has 4 rings (SSSR count). The second kappa shape index (κ2) is 7.43. The predicted octanol–water partition coefficient (Wildman–Crippen LogP) is 4.21. The minimum Gasteiger partial charge on any atom is -0.508 e. The molecular formula is C20H16N4O2S. The average Bonchev–Trinajstić information content (AvgIpc) is 2.70. The van der Waals surface area contributed by atoms with Crippen LogP contribution in [0.2, 0.25) is 0 Å². The van der Waals surface area contributed by atoms with Gasteiger partial charge < -0.3 is 10.4 Å². The second-order valence-corrected chi connectivity index (χ2v) is 6.98. The summed E-state index contributed by atoms with van der Waals surface area (Å²) in [6.45, 7) is 0. The van der Waals surface area contributed by atoms with Crippen LogP contribution in [0.5, 0.6) is 5.75 Å². The van der Waals surface area contributed by atoms with Gasteiger partial charge in [0.15, 0.2) is 22.6 Å². The zero-order chi connectivity index (χ0) is 18.6. The molecule has 0 saturated carbocycles. The van der Waals surface area contributed by atoms with Crippen molar-refractivity contribution in [1.82, 2.24) is 9.97 Å². The fraction of sp³-hybridized carbons (Fsp3) is 0. The fourth-order valence-corrected chi connectivity index (χ4v) is 3.37. The van der Waals surface area contributed by atoms with Crippen LogP contribution in [0.3, 0.4) is 0 Å². The summed E-state index contributed by atoms with van der Waals surface area (Å²) >= 11 is 0. The van der Waals surface area contributed by atoms with E-state index in [0.29, 0.717) is 22.0 Å². The van der Waals surface area contributed by atoms with E-state index in [1.807, 2.05) is 42.5 Å². The number of phenolic OH excluding ortho intramolecular Hbond substituents is 1. The highest BCUT2D eigenvalue weighted by molar-refractivity contribution is 7.86. The van der Waals surface area contributed by atoms with E-state index in [9.17, 15) is 9.32 Å². The van der Waals surface area contributed by atoms with Crippen molar-refractivity contribution in [3.63, 3.8) is 0 Å². The average molecular weight is 376 g/mol. The first-order valence-corrected chi connectivity index (χ1v) is 9.40. The quantitative estimate of drug-likeness (QED) is 0.454. The molecular weight excluding hydrogens is 360 g/mol. The first kappa shape index (κ1) is 17.0. The summed E-state index contributed by atoms with van der Waals surface area (Å²) in [4.78, 5) is 9.82. The van der Waals surface area contributed by atoms with Crippen LogP contribution in [0, 0.1) is 0 Å². The van der Waals surface area contributed by atoms with Crippen LogP contribution >= 0.6 is 0 Å². The maximum atomic E-state index is 12.7. The SMILES string of the molecule is O=S(Nc1nc2ccccc2nc1Nc1ccc(O)cc1)c1ccccc1. The van der Waals surface area contributed by atoms with Gasteiger partial charge in [-0.05, 0) is 48.5 Å². The van der Waals surface area contributed by atoms with E-state index >= 15 is 0 Å². The van der Waals surface area contributed by atoms with Crippen LogP contribution in [0.25, 0.3) is 11.0 Å². The standard InChI is InChI=1S/C20H16N4O2S/c25-15-12-10-14(11-13-15)21-19-20(23-18-9-5-4-8-17(18)22-19)24-27(26)16-6-2-1-3-7-16/h1-13,25H,(H,21,22)(H,23,24). The Balaban J connectivity index is 1.72. The van der Waals surface area contributed by atoms with Gasteiger partial charge in [-0.1, -0.05) is 30.3 Å². The van der Waals surface area contributed by atoms with E-state index in [0.717, 1.165) is 11.2 Å². The highest BCUT2D eigenvalue weighted by Crippen LogP contribution is 2.26. The van der Waals surface area contributed by atoms with Gasteiger partial charge in [-0.3, -0.25) is 4.72 Å². The summed E-state index contributed by atoms with van der Waals surface area (Å²) in [5.41, 5.74) is 2.14. The number of nitrogens with one attached hydrogen (secondary N) is 2. The molecule has 0 saturated heterocycles. The molecule has 27 heavy (non-hydrogen) atoms. The number of benzene rings is 3. The first-order valence-electron chi connectivity index (χ1n) is 8.25. The third-order valence-corrected chi connectivity index (χ3v) is 4.93. The number of fused-ring (bicyclic) bond motifs is 1. The molecule has 0 bridgehead atoms. The summed E-state index contributed by atoms with van der Waals surface area (Å²) in [5.74, 6) is 1.00. The van der Waals surface area contributed by atoms with Crippen LogP contribution in [-0.4, -0.2) is 19.3 Å². The lowest BCUT2D eigenvalue weighted by atomic mass is 10.3. The van der Waals surface area contributed by atoms with Crippen molar-refractivity contribution in [2.24, 2.45) is 0 Å². The number of nitrogens with zero attached hydrogens (tertiary/aromatic N) is 2. The number of aromatic nitrogens is 2. The molecule has 7 heteroatoms. The minimum absolute atomic E-state index is 0.175. The Labute approximate surface area is 158 Å². The molecule has 6 nitrogen and oxygen atoms in total. The molecule has 134 valence electrons. The van der Waals surface area contributed by atoms with Crippen molar-refractivity contribution in [1.29, 1.82) is 0 Å². The maximum absolute atomic E-state index is 12.7. The maximum Gasteiger partial charge on any atom is 0.182 e. The topological polar surface area (TPSA) is 87.1 Å². The Kier molecular flexibility index (Phi) is 4.67. The number of hydrogen-bond acceptors (Lipinski definition) is 5. The number of aromatic hydroxyl groups is 1. The van der Waals surface area contributed by atoms with Crippen molar-refractivity contribution < 1.29 is 9.32 Å². The van der Waals surface area contributed by atoms with E-state index < -0.39 is 11.0 Å². The summed E-state index contributed by atoms with van der Waals surface area (Å²) < 4.78 is 15.6. The zero-order valence-electron chi connectivity index (χ0n) is 14.2. The van der Waals surface area contributed by atoms with Gasteiger partial charge >= 0.3 is 0 Å². The highest BCUT2D eigenvalue weighted by atomic mass is 32.2. The third kappa shape index (κ3) is 3.88. The van der Waals surface area contributed by atoms with E-state index in [4.69, 9.17) is 0 Å². The summed E-state index contributed by atoms with van der Waals surface area (Å²) in [7, 11) is -1.48. The third-order valence-electron chi connectivity index (χ3n) is 3.85. The highest BCUT2D eigenvalue weighted by Gasteiger charge is 2.13. The van der Waals surface area contributed by atoms with Crippen LogP contribution in [-0.2, 0) is 11.0 Å². The van der Waals surface area contributed by atoms with Gasteiger partial charge in [-0.2, -0.15) is 0 Å². The number of hydrogen-bond donors (Lipinski definition) is 3. The van der Waals surface area contributed by atoms with Gasteiger partial charge in [0.05, 0.1) is 15.9 Å². The smallest absolute Gasteiger partial charge is 0.182 e. The van der Waals surface area contributed by atoms with Crippen LogP contribution in [0.1, 0.15) is 0 Å². The van der Waals surface area contributed by atoms with E-state index in [1.54, 1.807) is 36.4 Å². The van der Waals surface area contributed by atoms with Gasteiger partial charge in [-0.25, -0.2) is 14.2 Å². The van der Waals surface area contributed by atoms with Crippen LogP contribution in [0.15, 0.2) is 83.8 Å². The first-order chi connectivity index (χ1) is 13.2. The lowest BCUT2D eigenvalue weighted by molar-refractivity contribution is 0.475. The van der Waals surface area contributed by atoms with Gasteiger partial charge in [0.1, 0.15) is 5.75 Å². The summed E-state index contributed by atoms with van der Waals surface area (Å²) in [6, 6.07) is 23.2. The Hall–Kier alpha value is -3.45. The number of para-hydroxylation sites is 2. The van der Waals surface area contributed by atoms with Crippen molar-refractivity contribution >= 4 is 39.3 Å². The van der Waals surface area contributed by atoms with Crippen LogP contribution in [0.4, 0.5) is 17.3 Å². The van der Waals surface area contributed by atoms with Crippen molar-refractivity contribution in [3.05, 3.63) is 78.9 Å². The Bertz CT molecular complexity index is 1100. The molecule has 0 fully saturated rings. The second-order valence-electron chi connectivity index (χ2n) is 5.77. The van der Waals surface area contributed by atoms with E-state index in [1.165, 1.54) is 0 Å². The van der Waals surface area contributed by atoms with Crippen molar-refractivity contribution in [2.45, 2.75) is 4.90 Å². The summed E-state index contributed by atoms with van der Waals surface area (Å²) in [5, 5.41) is 12.6. The minimum atomic E-state index is -1.48.